The van der Waals surface area contributed by atoms with E-state index in [1.165, 1.54) is 21.3 Å². The summed E-state index contributed by atoms with van der Waals surface area (Å²) in [7, 11) is 4.60. The van der Waals surface area contributed by atoms with E-state index in [0.717, 1.165) is 11.3 Å². The zero-order valence-electron chi connectivity index (χ0n) is 18.6. The van der Waals surface area contributed by atoms with E-state index in [-0.39, 0.29) is 23.8 Å². The van der Waals surface area contributed by atoms with E-state index >= 15 is 0 Å². The molecular formula is C26H23NO6. The predicted molar refractivity (Wildman–Crippen MR) is 120 cm³/mol. The Hall–Kier alpha value is -3.87. The molecule has 1 aliphatic heterocycles. The summed E-state index contributed by atoms with van der Waals surface area (Å²) in [6, 6.07) is 10.4. The monoisotopic (exact) mass is 445 g/mol. The van der Waals surface area contributed by atoms with Gasteiger partial charge in [0, 0.05) is 40.3 Å². The summed E-state index contributed by atoms with van der Waals surface area (Å²) in [5.74, 6) is 0.539. The van der Waals surface area contributed by atoms with Crippen molar-refractivity contribution in [1.82, 2.24) is 5.32 Å². The molecule has 2 aromatic carbocycles. The van der Waals surface area contributed by atoms with Crippen LogP contribution in [-0.4, -0.2) is 38.7 Å². The average Bonchev–Trinajstić information content (AvgIpc) is 2.86. The second-order valence-electron chi connectivity index (χ2n) is 8.23. The van der Waals surface area contributed by atoms with E-state index in [9.17, 15) is 14.4 Å². The third kappa shape index (κ3) is 3.15. The van der Waals surface area contributed by atoms with Gasteiger partial charge in [-0.05, 0) is 30.5 Å². The smallest absolute Gasteiger partial charge is 0.210 e. The number of rotatable bonds is 4. The Bertz CT molecular complexity index is 1260. The minimum atomic E-state index is -0.414. The van der Waals surface area contributed by atoms with E-state index in [1.807, 2.05) is 0 Å². The van der Waals surface area contributed by atoms with Gasteiger partial charge in [-0.1, -0.05) is 24.3 Å². The highest BCUT2D eigenvalue weighted by Gasteiger charge is 2.40. The molecule has 0 saturated heterocycles. The molecule has 3 aliphatic rings. The van der Waals surface area contributed by atoms with E-state index in [1.54, 1.807) is 36.4 Å². The van der Waals surface area contributed by atoms with Crippen molar-refractivity contribution < 1.29 is 28.6 Å². The first-order valence-electron chi connectivity index (χ1n) is 10.7. The fraction of sp³-hybridized carbons (Fsp3) is 0.269. The van der Waals surface area contributed by atoms with Crippen molar-refractivity contribution in [1.29, 1.82) is 0 Å². The molecule has 1 heterocycles. The number of hydrogen-bond acceptors (Lipinski definition) is 7. The molecule has 5 rings (SSSR count). The maximum Gasteiger partial charge on any atom is 0.210 e. The predicted octanol–water partition coefficient (Wildman–Crippen LogP) is 3.74. The van der Waals surface area contributed by atoms with E-state index in [0.29, 0.717) is 58.1 Å². The minimum Gasteiger partial charge on any atom is -0.493 e. The summed E-state index contributed by atoms with van der Waals surface area (Å²) in [6.07, 6.45) is 1.29. The van der Waals surface area contributed by atoms with Gasteiger partial charge in [0.15, 0.2) is 23.1 Å². The van der Waals surface area contributed by atoms with Crippen molar-refractivity contribution >= 4 is 17.3 Å². The Morgan fingerprint density at radius 2 is 1.48 bits per heavy atom. The van der Waals surface area contributed by atoms with E-state index in [4.69, 9.17) is 14.2 Å². The van der Waals surface area contributed by atoms with Gasteiger partial charge in [0.25, 0.3) is 0 Å². The minimum absolute atomic E-state index is 0.0660. The van der Waals surface area contributed by atoms with Gasteiger partial charge in [-0.2, -0.15) is 0 Å². The van der Waals surface area contributed by atoms with Crippen molar-refractivity contribution in [3.05, 3.63) is 75.6 Å². The molecule has 2 aliphatic carbocycles. The topological polar surface area (TPSA) is 90.9 Å². The van der Waals surface area contributed by atoms with Crippen molar-refractivity contribution in [3.8, 4) is 17.2 Å². The zero-order chi connectivity index (χ0) is 23.3. The lowest BCUT2D eigenvalue weighted by Gasteiger charge is -2.34. The molecule has 1 atom stereocenters. The highest BCUT2D eigenvalue weighted by atomic mass is 16.5. The molecule has 7 heteroatoms. The number of methoxy groups -OCH3 is 3. The number of hydrogen-bond donors (Lipinski definition) is 1. The van der Waals surface area contributed by atoms with Gasteiger partial charge in [-0.3, -0.25) is 14.4 Å². The number of fused-ring (bicyclic) bond motifs is 1. The lowest BCUT2D eigenvalue weighted by molar-refractivity contribution is -0.117. The first-order valence-corrected chi connectivity index (χ1v) is 10.7. The van der Waals surface area contributed by atoms with Crippen LogP contribution in [-0.2, 0) is 4.79 Å². The molecule has 0 spiro atoms. The lowest BCUT2D eigenvalue weighted by atomic mass is 9.74. The van der Waals surface area contributed by atoms with Crippen molar-refractivity contribution in [3.63, 3.8) is 0 Å². The van der Waals surface area contributed by atoms with Gasteiger partial charge in [-0.15, -0.1) is 0 Å². The van der Waals surface area contributed by atoms with Crippen LogP contribution in [0.2, 0.25) is 0 Å². The number of ether oxygens (including phenoxy) is 3. The third-order valence-corrected chi connectivity index (χ3v) is 6.60. The Morgan fingerprint density at radius 1 is 0.848 bits per heavy atom. The number of allylic oxidation sites excluding steroid dienone is 4. The summed E-state index contributed by atoms with van der Waals surface area (Å²) in [6.45, 7) is 0. The molecule has 0 aromatic heterocycles. The summed E-state index contributed by atoms with van der Waals surface area (Å²) in [5, 5.41) is 3.14. The fourth-order valence-corrected chi connectivity index (χ4v) is 4.94. The van der Waals surface area contributed by atoms with E-state index < -0.39 is 5.92 Å². The van der Waals surface area contributed by atoms with Gasteiger partial charge in [-0.25, -0.2) is 0 Å². The van der Waals surface area contributed by atoms with Crippen LogP contribution in [0.1, 0.15) is 51.5 Å². The molecule has 2 aromatic rings. The molecule has 0 amide bonds. The third-order valence-electron chi connectivity index (χ3n) is 6.60. The summed E-state index contributed by atoms with van der Waals surface area (Å²) in [5.41, 5.74) is 3.49. The summed E-state index contributed by atoms with van der Waals surface area (Å²) < 4.78 is 16.3. The number of ketones is 3. The second kappa shape index (κ2) is 7.92. The van der Waals surface area contributed by atoms with Gasteiger partial charge >= 0.3 is 0 Å². The van der Waals surface area contributed by atoms with Crippen LogP contribution in [0.4, 0.5) is 0 Å². The van der Waals surface area contributed by atoms with Gasteiger partial charge in [0.2, 0.25) is 11.5 Å². The first-order chi connectivity index (χ1) is 16.0. The van der Waals surface area contributed by atoms with Crippen LogP contribution >= 0.6 is 0 Å². The van der Waals surface area contributed by atoms with Crippen LogP contribution < -0.4 is 19.5 Å². The maximum atomic E-state index is 13.6. The zero-order valence-corrected chi connectivity index (χ0v) is 18.6. The fourth-order valence-electron chi connectivity index (χ4n) is 4.94. The molecule has 1 unspecified atom stereocenters. The average molecular weight is 445 g/mol. The van der Waals surface area contributed by atoms with Crippen molar-refractivity contribution in [2.24, 2.45) is 0 Å². The number of nitrogens with one attached hydrogen (secondary N) is 1. The molecule has 0 fully saturated rings. The summed E-state index contributed by atoms with van der Waals surface area (Å²) in [4.78, 5) is 39.7. The molecule has 1 N–H and O–H groups in total. The number of dihydropyridines is 1. The normalized spacial score (nSPS) is 19.5. The molecule has 0 radical (unpaired) electrons. The Kier molecular flexibility index (Phi) is 5.04. The first kappa shape index (κ1) is 21.0. The standard InChI is InChI=1S/C26H23NO6/c1-31-20-10-13(11-21(32-2)26(20)33-3)14-8-9-19-17(23(14)28)12-18-22(27-19)25(30)16-7-5-4-6-15(16)24(18)29/h4-7,10-11,14,27H,8-9,12H2,1-3H3. The number of benzene rings is 2. The molecule has 0 bridgehead atoms. The van der Waals surface area contributed by atoms with Gasteiger partial charge in [0.05, 0.1) is 27.0 Å². The van der Waals surface area contributed by atoms with Crippen molar-refractivity contribution in [2.75, 3.05) is 21.3 Å². The van der Waals surface area contributed by atoms with Crippen LogP contribution in [0, 0.1) is 0 Å². The van der Waals surface area contributed by atoms with Gasteiger partial charge < -0.3 is 19.5 Å². The number of Topliss-reactive ketones (excluding diaryl/α,β-unsaturated/α-hetero) is 3. The Morgan fingerprint density at radius 3 is 2.09 bits per heavy atom. The second-order valence-corrected chi connectivity index (χ2v) is 8.23. The van der Waals surface area contributed by atoms with Crippen LogP contribution in [0.3, 0.4) is 0 Å². The quantitative estimate of drug-likeness (QED) is 0.767. The SMILES string of the molecule is COc1cc(C2CCC3=C(CC4=C(N3)C(=O)c3ccccc3C4=O)C2=O)cc(OC)c1OC. The lowest BCUT2D eigenvalue weighted by Crippen LogP contribution is -2.37. The van der Waals surface area contributed by atoms with E-state index in [2.05, 4.69) is 5.32 Å². The molecular weight excluding hydrogens is 422 g/mol. The van der Waals surface area contributed by atoms with Crippen LogP contribution in [0.5, 0.6) is 17.2 Å². The number of carbonyl (C=O) groups is 3. The molecule has 33 heavy (non-hydrogen) atoms. The summed E-state index contributed by atoms with van der Waals surface area (Å²) >= 11 is 0. The van der Waals surface area contributed by atoms with Crippen molar-refractivity contribution in [2.45, 2.75) is 25.2 Å². The van der Waals surface area contributed by atoms with Crippen LogP contribution in [0.15, 0.2) is 58.9 Å². The molecule has 7 nitrogen and oxygen atoms in total. The molecule has 168 valence electrons. The Labute approximate surface area is 191 Å². The Balaban J connectivity index is 1.50. The maximum absolute atomic E-state index is 13.6. The largest absolute Gasteiger partial charge is 0.493 e. The highest BCUT2D eigenvalue weighted by Crippen LogP contribution is 2.45. The molecule has 0 saturated carbocycles. The number of carbonyl (C=O) groups excluding carboxylic acids is 3. The van der Waals surface area contributed by atoms with Gasteiger partial charge in [0.1, 0.15) is 0 Å². The van der Waals surface area contributed by atoms with Crippen LogP contribution in [0.25, 0.3) is 0 Å². The highest BCUT2D eigenvalue weighted by molar-refractivity contribution is 6.27.